The second-order valence-corrected chi connectivity index (χ2v) is 5.21. The molecule has 1 atom stereocenters. The Morgan fingerprint density at radius 1 is 1.25 bits per heavy atom. The van der Waals surface area contributed by atoms with E-state index in [-0.39, 0.29) is 5.56 Å². The Kier molecular flexibility index (Phi) is 4.94. The van der Waals surface area contributed by atoms with Crippen LogP contribution in [0.2, 0.25) is 0 Å². The Balaban J connectivity index is 2.06. The zero-order valence-electron chi connectivity index (χ0n) is 12.0. The van der Waals surface area contributed by atoms with E-state index in [9.17, 15) is 8.78 Å². The fourth-order valence-electron chi connectivity index (χ4n) is 2.28. The largest absolute Gasteiger partial charge is 0.498 e. The van der Waals surface area contributed by atoms with Crippen molar-refractivity contribution in [2.24, 2.45) is 0 Å². The van der Waals surface area contributed by atoms with Crippen molar-refractivity contribution in [2.45, 2.75) is 45.6 Å². The third-order valence-electron chi connectivity index (χ3n) is 3.56. The summed E-state index contributed by atoms with van der Waals surface area (Å²) in [6.07, 6.45) is 9.51. The summed E-state index contributed by atoms with van der Waals surface area (Å²) >= 11 is 0. The highest BCUT2D eigenvalue weighted by Crippen LogP contribution is 2.23. The summed E-state index contributed by atoms with van der Waals surface area (Å²) in [5.41, 5.74) is 1.60. The molecule has 0 radical (unpaired) electrons. The minimum Gasteiger partial charge on any atom is -0.498 e. The van der Waals surface area contributed by atoms with Crippen molar-refractivity contribution in [3.05, 3.63) is 52.8 Å². The Morgan fingerprint density at radius 3 is 2.70 bits per heavy atom. The first-order valence-corrected chi connectivity index (χ1v) is 7.09. The lowest BCUT2D eigenvalue weighted by molar-refractivity contribution is 0.112. The van der Waals surface area contributed by atoms with E-state index in [1.54, 1.807) is 37.5 Å². The lowest BCUT2D eigenvalue weighted by Gasteiger charge is -2.21. The van der Waals surface area contributed by atoms with E-state index in [2.05, 4.69) is 6.92 Å². The number of allylic oxidation sites excluding steroid dienone is 2. The van der Waals surface area contributed by atoms with Crippen LogP contribution in [-0.4, -0.2) is 6.10 Å². The van der Waals surface area contributed by atoms with Gasteiger partial charge in [0.2, 0.25) is 0 Å². The highest BCUT2D eigenvalue weighted by atomic mass is 19.2. The van der Waals surface area contributed by atoms with Crippen LogP contribution in [0.15, 0.2) is 30.0 Å². The highest BCUT2D eigenvalue weighted by molar-refractivity contribution is 5.54. The van der Waals surface area contributed by atoms with Gasteiger partial charge in [-0.05, 0) is 37.3 Å². The molecule has 0 spiro atoms. The Morgan fingerprint density at radius 2 is 2.05 bits per heavy atom. The van der Waals surface area contributed by atoms with E-state index in [0.717, 1.165) is 31.3 Å². The molecule has 0 amide bonds. The second kappa shape index (κ2) is 6.69. The number of hydrogen-bond acceptors (Lipinski definition) is 1. The quantitative estimate of drug-likeness (QED) is 0.740. The molecule has 1 aromatic rings. The average Bonchev–Trinajstić information content (AvgIpc) is 2.46. The molecule has 20 heavy (non-hydrogen) atoms. The van der Waals surface area contributed by atoms with E-state index in [0.29, 0.717) is 11.7 Å². The molecule has 1 heterocycles. The topological polar surface area (TPSA) is 9.23 Å². The molecule has 2 rings (SSSR count). The van der Waals surface area contributed by atoms with Gasteiger partial charge in [0, 0.05) is 5.56 Å². The highest BCUT2D eigenvalue weighted by Gasteiger charge is 2.13. The predicted molar refractivity (Wildman–Crippen MR) is 77.2 cm³/mol. The first-order chi connectivity index (χ1) is 9.61. The number of benzene rings is 1. The Hall–Kier alpha value is -1.64. The number of ether oxygens (including phenoxy) is 1. The summed E-state index contributed by atoms with van der Waals surface area (Å²) in [7, 11) is 0. The second-order valence-electron chi connectivity index (χ2n) is 5.21. The molecule has 1 aliphatic rings. The van der Waals surface area contributed by atoms with Crippen LogP contribution in [0.5, 0.6) is 0 Å². The van der Waals surface area contributed by atoms with Crippen molar-refractivity contribution in [3.8, 4) is 0 Å². The van der Waals surface area contributed by atoms with Crippen LogP contribution in [0.3, 0.4) is 0 Å². The summed E-state index contributed by atoms with van der Waals surface area (Å²) in [5, 5.41) is 0. The zero-order chi connectivity index (χ0) is 14.5. The van der Waals surface area contributed by atoms with Gasteiger partial charge in [0.1, 0.15) is 0 Å². The summed E-state index contributed by atoms with van der Waals surface area (Å²) in [6, 6.07) is 3.18. The standard InChI is InChI=1S/C17H20F2O/c1-3-4-15-10-7-13(11-20-15)6-9-14-8-5-12(2)16(18)17(14)19/h5-6,8-9,11,15H,3-4,7,10H2,1-2H3. The molecule has 0 aliphatic carbocycles. The van der Waals surface area contributed by atoms with Gasteiger partial charge in [-0.3, -0.25) is 0 Å². The first kappa shape index (κ1) is 14.8. The zero-order valence-corrected chi connectivity index (χ0v) is 12.0. The third-order valence-corrected chi connectivity index (χ3v) is 3.56. The number of rotatable bonds is 4. The molecular weight excluding hydrogens is 258 g/mol. The molecule has 0 aromatic heterocycles. The van der Waals surface area contributed by atoms with Crippen molar-refractivity contribution in [3.63, 3.8) is 0 Å². The van der Waals surface area contributed by atoms with Crippen LogP contribution in [0.25, 0.3) is 6.08 Å². The molecule has 0 saturated carbocycles. The molecule has 3 heteroatoms. The molecule has 0 saturated heterocycles. The number of aryl methyl sites for hydroxylation is 1. The van der Waals surface area contributed by atoms with Crippen molar-refractivity contribution in [1.82, 2.24) is 0 Å². The van der Waals surface area contributed by atoms with E-state index < -0.39 is 11.6 Å². The maximum absolute atomic E-state index is 13.7. The summed E-state index contributed by atoms with van der Waals surface area (Å²) < 4.78 is 32.8. The van der Waals surface area contributed by atoms with Crippen LogP contribution >= 0.6 is 0 Å². The van der Waals surface area contributed by atoms with E-state index >= 15 is 0 Å². The van der Waals surface area contributed by atoms with E-state index in [4.69, 9.17) is 4.74 Å². The third kappa shape index (κ3) is 3.47. The normalized spacial score (nSPS) is 19.0. The fourth-order valence-corrected chi connectivity index (χ4v) is 2.28. The SMILES string of the molecule is CCCC1CCC(C=Cc2ccc(C)c(F)c2F)=CO1. The first-order valence-electron chi connectivity index (χ1n) is 7.09. The average molecular weight is 278 g/mol. The van der Waals surface area contributed by atoms with Gasteiger partial charge in [-0.15, -0.1) is 0 Å². The Labute approximate surface area is 119 Å². The van der Waals surface area contributed by atoms with Crippen molar-refractivity contribution < 1.29 is 13.5 Å². The van der Waals surface area contributed by atoms with Gasteiger partial charge in [-0.2, -0.15) is 0 Å². The van der Waals surface area contributed by atoms with Crippen LogP contribution in [0.1, 0.15) is 43.7 Å². The maximum atomic E-state index is 13.7. The molecule has 1 aromatic carbocycles. The van der Waals surface area contributed by atoms with Crippen LogP contribution < -0.4 is 0 Å². The molecule has 108 valence electrons. The molecule has 0 N–H and O–H groups in total. The van der Waals surface area contributed by atoms with Crippen LogP contribution in [0.4, 0.5) is 8.78 Å². The van der Waals surface area contributed by atoms with E-state index in [1.165, 1.54) is 0 Å². The summed E-state index contributed by atoms with van der Waals surface area (Å²) in [6.45, 7) is 3.69. The smallest absolute Gasteiger partial charge is 0.166 e. The van der Waals surface area contributed by atoms with Crippen molar-refractivity contribution in [2.75, 3.05) is 0 Å². The van der Waals surface area contributed by atoms with Gasteiger partial charge >= 0.3 is 0 Å². The fraction of sp³-hybridized carbons (Fsp3) is 0.412. The predicted octanol–water partition coefficient (Wildman–Crippen LogP) is 5.15. The van der Waals surface area contributed by atoms with Crippen LogP contribution in [0, 0.1) is 18.6 Å². The van der Waals surface area contributed by atoms with Gasteiger partial charge in [0.15, 0.2) is 11.6 Å². The minimum absolute atomic E-state index is 0.268. The minimum atomic E-state index is -0.789. The van der Waals surface area contributed by atoms with Gasteiger partial charge in [-0.1, -0.05) is 37.6 Å². The summed E-state index contributed by atoms with van der Waals surface area (Å²) in [4.78, 5) is 0. The van der Waals surface area contributed by atoms with Crippen molar-refractivity contribution in [1.29, 1.82) is 0 Å². The lowest BCUT2D eigenvalue weighted by atomic mass is 10.0. The monoisotopic (exact) mass is 278 g/mol. The summed E-state index contributed by atoms with van der Waals surface area (Å²) in [5.74, 6) is -1.56. The molecule has 1 unspecified atom stereocenters. The van der Waals surface area contributed by atoms with Gasteiger partial charge in [0.05, 0.1) is 12.4 Å². The molecule has 0 bridgehead atoms. The molecule has 1 nitrogen and oxygen atoms in total. The van der Waals surface area contributed by atoms with Gasteiger partial charge < -0.3 is 4.74 Å². The Bertz CT molecular complexity index is 532. The lowest BCUT2D eigenvalue weighted by Crippen LogP contribution is -2.13. The van der Waals surface area contributed by atoms with Gasteiger partial charge in [0.25, 0.3) is 0 Å². The van der Waals surface area contributed by atoms with Crippen molar-refractivity contribution >= 4 is 6.08 Å². The van der Waals surface area contributed by atoms with Gasteiger partial charge in [-0.25, -0.2) is 8.78 Å². The van der Waals surface area contributed by atoms with Crippen LogP contribution in [-0.2, 0) is 4.74 Å². The van der Waals surface area contributed by atoms with E-state index in [1.807, 2.05) is 0 Å². The number of hydrogen-bond donors (Lipinski definition) is 0. The molecule has 0 fully saturated rings. The maximum Gasteiger partial charge on any atom is 0.166 e. The molecule has 1 aliphatic heterocycles. The molecular formula is C17H20F2O. The number of halogens is 2.